The number of carbonyl (C=O) groups is 2. The number of hydrogen-bond acceptors (Lipinski definition) is 3. The summed E-state index contributed by atoms with van der Waals surface area (Å²) in [4.78, 5) is 24.3. The zero-order valence-electron chi connectivity index (χ0n) is 9.44. The summed E-state index contributed by atoms with van der Waals surface area (Å²) in [5.41, 5.74) is 0. The Hall–Kier alpha value is -0.910. The quantitative estimate of drug-likeness (QED) is 0.759. The highest BCUT2D eigenvalue weighted by Crippen LogP contribution is 2.08. The summed E-state index contributed by atoms with van der Waals surface area (Å²) in [7, 11) is 0. The van der Waals surface area contributed by atoms with E-state index >= 15 is 0 Å². The van der Waals surface area contributed by atoms with Crippen molar-refractivity contribution in [3.8, 4) is 0 Å². The molecule has 0 saturated carbocycles. The van der Waals surface area contributed by atoms with E-state index in [1.807, 2.05) is 6.26 Å². The first-order valence-corrected chi connectivity index (χ1v) is 6.81. The molecule has 0 aromatic rings. The van der Waals surface area contributed by atoms with Crippen molar-refractivity contribution in [3.63, 3.8) is 0 Å². The summed E-state index contributed by atoms with van der Waals surface area (Å²) >= 11 is 1.58. The van der Waals surface area contributed by atoms with Crippen LogP contribution in [0.5, 0.6) is 0 Å². The Morgan fingerprint density at radius 2 is 2.06 bits per heavy atom. The van der Waals surface area contributed by atoms with E-state index in [4.69, 9.17) is 5.11 Å². The third-order valence-electron chi connectivity index (χ3n) is 2.60. The first-order chi connectivity index (χ1) is 7.65. The molecule has 1 fully saturated rings. The Morgan fingerprint density at radius 1 is 1.44 bits per heavy atom. The maximum atomic E-state index is 11.7. The molecule has 1 aliphatic rings. The van der Waals surface area contributed by atoms with Gasteiger partial charge in [-0.15, -0.1) is 0 Å². The van der Waals surface area contributed by atoms with E-state index in [1.165, 1.54) is 0 Å². The summed E-state index contributed by atoms with van der Waals surface area (Å²) in [5, 5.41) is 11.5. The van der Waals surface area contributed by atoms with Crippen LogP contribution in [-0.4, -0.2) is 53.1 Å². The standard InChI is InChI=1S/C10H18N2O3S/c1-16-7-4-8(9(13)14)11-10(15)12-5-2-3-6-12/h8H,2-7H2,1H3,(H,11,15)(H,13,14)/t8-/m0/s1. The lowest BCUT2D eigenvalue weighted by Crippen LogP contribution is -2.47. The first-order valence-electron chi connectivity index (χ1n) is 5.42. The van der Waals surface area contributed by atoms with E-state index < -0.39 is 12.0 Å². The van der Waals surface area contributed by atoms with E-state index in [-0.39, 0.29) is 6.03 Å². The van der Waals surface area contributed by atoms with Crippen LogP contribution < -0.4 is 5.32 Å². The van der Waals surface area contributed by atoms with Crippen LogP contribution in [0.4, 0.5) is 4.79 Å². The van der Waals surface area contributed by atoms with Gasteiger partial charge in [0.15, 0.2) is 0 Å². The average Bonchev–Trinajstić information content (AvgIpc) is 2.76. The molecule has 0 unspecified atom stereocenters. The molecular formula is C10H18N2O3S. The summed E-state index contributed by atoms with van der Waals surface area (Å²) < 4.78 is 0. The van der Waals surface area contributed by atoms with E-state index in [9.17, 15) is 9.59 Å². The monoisotopic (exact) mass is 246 g/mol. The number of carboxylic acid groups (broad SMARTS) is 1. The minimum atomic E-state index is -0.957. The minimum absolute atomic E-state index is 0.244. The van der Waals surface area contributed by atoms with Crippen molar-refractivity contribution < 1.29 is 14.7 Å². The van der Waals surface area contributed by atoms with Gasteiger partial charge in [0.25, 0.3) is 0 Å². The largest absolute Gasteiger partial charge is 0.480 e. The van der Waals surface area contributed by atoms with Crippen LogP contribution in [0.2, 0.25) is 0 Å². The molecule has 0 bridgehead atoms. The molecule has 92 valence electrons. The third kappa shape index (κ3) is 3.92. The van der Waals surface area contributed by atoms with Gasteiger partial charge in [-0.25, -0.2) is 9.59 Å². The molecule has 0 aromatic heterocycles. The highest BCUT2D eigenvalue weighted by Gasteiger charge is 2.24. The number of thioether (sulfide) groups is 1. The van der Waals surface area contributed by atoms with Crippen molar-refractivity contribution in [2.75, 3.05) is 25.1 Å². The number of hydrogen-bond donors (Lipinski definition) is 2. The number of amides is 2. The van der Waals surface area contributed by atoms with Gasteiger partial charge in [0.1, 0.15) is 6.04 Å². The van der Waals surface area contributed by atoms with Gasteiger partial charge >= 0.3 is 12.0 Å². The van der Waals surface area contributed by atoms with Crippen LogP contribution in [0.15, 0.2) is 0 Å². The SMILES string of the molecule is CSCC[C@H](NC(=O)N1CCCC1)C(=O)O. The van der Waals surface area contributed by atoms with E-state index in [0.717, 1.165) is 31.7 Å². The Labute approximate surface area is 99.6 Å². The van der Waals surface area contributed by atoms with Crippen molar-refractivity contribution in [2.45, 2.75) is 25.3 Å². The minimum Gasteiger partial charge on any atom is -0.480 e. The van der Waals surface area contributed by atoms with E-state index in [1.54, 1.807) is 16.7 Å². The number of carbonyl (C=O) groups excluding carboxylic acids is 1. The van der Waals surface area contributed by atoms with Crippen molar-refractivity contribution in [3.05, 3.63) is 0 Å². The van der Waals surface area contributed by atoms with Gasteiger partial charge in [-0.3, -0.25) is 0 Å². The van der Waals surface area contributed by atoms with Gasteiger partial charge in [-0.05, 0) is 31.3 Å². The summed E-state index contributed by atoms with van der Waals surface area (Å²) in [6, 6.07) is -1.01. The molecule has 0 radical (unpaired) electrons. The predicted molar refractivity (Wildman–Crippen MR) is 63.8 cm³/mol. The van der Waals surface area contributed by atoms with Gasteiger partial charge < -0.3 is 15.3 Å². The number of likely N-dealkylation sites (tertiary alicyclic amines) is 1. The molecular weight excluding hydrogens is 228 g/mol. The van der Waals surface area contributed by atoms with Gasteiger partial charge in [0.05, 0.1) is 0 Å². The van der Waals surface area contributed by atoms with Crippen LogP contribution >= 0.6 is 11.8 Å². The normalized spacial score (nSPS) is 17.2. The van der Waals surface area contributed by atoms with E-state index in [0.29, 0.717) is 6.42 Å². The molecule has 0 aliphatic carbocycles. The van der Waals surface area contributed by atoms with Crippen molar-refractivity contribution in [2.24, 2.45) is 0 Å². The highest BCUT2D eigenvalue weighted by molar-refractivity contribution is 7.98. The Kier molecular flexibility index (Phi) is 5.45. The summed E-state index contributed by atoms with van der Waals surface area (Å²) in [5.74, 6) is -0.223. The molecule has 1 saturated heterocycles. The highest BCUT2D eigenvalue weighted by atomic mass is 32.2. The molecule has 0 aromatic carbocycles. The van der Waals surface area contributed by atoms with Crippen LogP contribution in [-0.2, 0) is 4.79 Å². The molecule has 16 heavy (non-hydrogen) atoms. The second kappa shape index (κ2) is 6.62. The van der Waals surface area contributed by atoms with Gasteiger partial charge in [0, 0.05) is 13.1 Å². The fraction of sp³-hybridized carbons (Fsp3) is 0.800. The Bertz CT molecular complexity index is 254. The molecule has 1 rings (SSSR count). The zero-order chi connectivity index (χ0) is 12.0. The Balaban J connectivity index is 2.40. The summed E-state index contributed by atoms with van der Waals surface area (Å²) in [6.45, 7) is 1.47. The second-order valence-electron chi connectivity index (χ2n) is 3.82. The predicted octanol–water partition coefficient (Wildman–Crippen LogP) is 0.998. The summed E-state index contributed by atoms with van der Waals surface area (Å²) in [6.07, 6.45) is 4.41. The van der Waals surface area contributed by atoms with Crippen LogP contribution in [0.1, 0.15) is 19.3 Å². The number of urea groups is 1. The van der Waals surface area contributed by atoms with Crippen molar-refractivity contribution in [1.82, 2.24) is 10.2 Å². The first kappa shape index (κ1) is 13.2. The van der Waals surface area contributed by atoms with Crippen LogP contribution in [0.25, 0.3) is 0 Å². The smallest absolute Gasteiger partial charge is 0.326 e. The van der Waals surface area contributed by atoms with E-state index in [2.05, 4.69) is 5.32 Å². The van der Waals surface area contributed by atoms with Crippen molar-refractivity contribution in [1.29, 1.82) is 0 Å². The lowest BCUT2D eigenvalue weighted by atomic mass is 10.2. The molecule has 5 nitrogen and oxygen atoms in total. The van der Waals surface area contributed by atoms with Gasteiger partial charge in [-0.2, -0.15) is 11.8 Å². The molecule has 0 spiro atoms. The maximum absolute atomic E-state index is 11.7. The maximum Gasteiger partial charge on any atom is 0.326 e. The fourth-order valence-corrected chi connectivity index (χ4v) is 2.13. The number of rotatable bonds is 5. The average molecular weight is 246 g/mol. The molecule has 2 amide bonds. The number of aliphatic carboxylic acids is 1. The lowest BCUT2D eigenvalue weighted by molar-refractivity contribution is -0.139. The van der Waals surface area contributed by atoms with Crippen LogP contribution in [0.3, 0.4) is 0 Å². The Morgan fingerprint density at radius 3 is 2.56 bits per heavy atom. The number of nitrogens with one attached hydrogen (secondary N) is 1. The molecule has 2 N–H and O–H groups in total. The zero-order valence-corrected chi connectivity index (χ0v) is 10.3. The third-order valence-corrected chi connectivity index (χ3v) is 3.24. The van der Waals surface area contributed by atoms with Crippen LogP contribution in [0, 0.1) is 0 Å². The number of nitrogens with zero attached hydrogens (tertiary/aromatic N) is 1. The molecule has 1 heterocycles. The number of carboxylic acids is 1. The lowest BCUT2D eigenvalue weighted by Gasteiger charge is -2.20. The second-order valence-corrected chi connectivity index (χ2v) is 4.80. The van der Waals surface area contributed by atoms with Crippen molar-refractivity contribution >= 4 is 23.8 Å². The molecule has 1 atom stereocenters. The van der Waals surface area contributed by atoms with Gasteiger partial charge in [-0.1, -0.05) is 0 Å². The molecule has 1 aliphatic heterocycles. The topological polar surface area (TPSA) is 69.6 Å². The fourth-order valence-electron chi connectivity index (χ4n) is 1.65. The molecule has 6 heteroatoms. The van der Waals surface area contributed by atoms with Gasteiger partial charge in [0.2, 0.25) is 0 Å².